The number of hydrogen-bond donors (Lipinski definition) is 2. The summed E-state index contributed by atoms with van der Waals surface area (Å²) in [6, 6.07) is 1.88. The number of nitrogens with zero attached hydrogens (tertiary/aromatic N) is 2. The number of rotatable bonds is 4. The van der Waals surface area contributed by atoms with Crippen molar-refractivity contribution in [2.24, 2.45) is 12.5 Å². The molecule has 106 valence electrons. The second-order valence-electron chi connectivity index (χ2n) is 5.74. The number of amides is 1. The molecule has 0 spiro atoms. The van der Waals surface area contributed by atoms with Crippen molar-refractivity contribution >= 4 is 5.91 Å². The molecule has 1 saturated heterocycles. The maximum Gasteiger partial charge on any atom is 0.269 e. The van der Waals surface area contributed by atoms with E-state index in [-0.39, 0.29) is 11.3 Å². The van der Waals surface area contributed by atoms with Crippen LogP contribution in [0.5, 0.6) is 0 Å². The molecule has 1 aliphatic heterocycles. The fraction of sp³-hybridized carbons (Fsp3) is 0.714. The van der Waals surface area contributed by atoms with E-state index in [1.807, 2.05) is 20.0 Å². The van der Waals surface area contributed by atoms with Crippen LogP contribution in [-0.2, 0) is 13.5 Å². The Morgan fingerprint density at radius 2 is 2.21 bits per heavy atom. The van der Waals surface area contributed by atoms with Crippen LogP contribution in [-0.4, -0.2) is 35.3 Å². The molecule has 0 aliphatic carbocycles. The van der Waals surface area contributed by atoms with E-state index in [1.54, 1.807) is 4.68 Å². The molecule has 2 heterocycles. The van der Waals surface area contributed by atoms with Crippen LogP contribution < -0.4 is 10.6 Å². The first-order valence-electron chi connectivity index (χ1n) is 7.06. The number of piperidine rings is 1. The zero-order valence-corrected chi connectivity index (χ0v) is 12.1. The molecule has 1 aromatic rings. The molecule has 0 bridgehead atoms. The third-order valence-electron chi connectivity index (χ3n) is 4.01. The lowest BCUT2D eigenvalue weighted by molar-refractivity contribution is 0.0913. The Morgan fingerprint density at radius 1 is 1.53 bits per heavy atom. The predicted octanol–water partition coefficient (Wildman–Crippen LogP) is 1.10. The van der Waals surface area contributed by atoms with Gasteiger partial charge in [-0.15, -0.1) is 0 Å². The van der Waals surface area contributed by atoms with E-state index in [0.717, 1.165) is 44.6 Å². The first-order chi connectivity index (χ1) is 9.04. The Kier molecular flexibility index (Phi) is 4.24. The third kappa shape index (κ3) is 3.35. The quantitative estimate of drug-likeness (QED) is 0.856. The molecule has 0 unspecified atom stereocenters. The van der Waals surface area contributed by atoms with E-state index < -0.39 is 0 Å². The normalized spacial score (nSPS) is 18.3. The Morgan fingerprint density at radius 3 is 2.79 bits per heavy atom. The number of nitrogens with one attached hydrogen (secondary N) is 2. The molecular weight excluding hydrogens is 240 g/mol. The summed E-state index contributed by atoms with van der Waals surface area (Å²) >= 11 is 0. The summed E-state index contributed by atoms with van der Waals surface area (Å²) in [5, 5.41) is 10.7. The zero-order valence-electron chi connectivity index (χ0n) is 12.1. The van der Waals surface area contributed by atoms with Crippen molar-refractivity contribution in [3.63, 3.8) is 0 Å². The Balaban J connectivity index is 1.95. The van der Waals surface area contributed by atoms with Gasteiger partial charge in [-0.05, 0) is 43.8 Å². The summed E-state index contributed by atoms with van der Waals surface area (Å²) in [7, 11) is 1.82. The minimum absolute atomic E-state index is 0.0190. The molecule has 1 aromatic heterocycles. The van der Waals surface area contributed by atoms with Gasteiger partial charge in [0.1, 0.15) is 5.69 Å². The van der Waals surface area contributed by atoms with E-state index >= 15 is 0 Å². The summed E-state index contributed by atoms with van der Waals surface area (Å²) in [5.41, 5.74) is 1.82. The van der Waals surface area contributed by atoms with Crippen LogP contribution >= 0.6 is 0 Å². The molecule has 0 aromatic carbocycles. The number of aromatic nitrogens is 2. The highest BCUT2D eigenvalue weighted by atomic mass is 16.2. The van der Waals surface area contributed by atoms with Crippen LogP contribution in [0.25, 0.3) is 0 Å². The zero-order chi connectivity index (χ0) is 13.9. The van der Waals surface area contributed by atoms with E-state index in [4.69, 9.17) is 0 Å². The molecule has 2 rings (SSSR count). The van der Waals surface area contributed by atoms with E-state index in [9.17, 15) is 4.79 Å². The molecule has 1 amide bonds. The SMILES string of the molecule is CCc1cc(C(=O)NCC2(C)CCNCC2)n(C)n1. The van der Waals surface area contributed by atoms with Crippen LogP contribution in [0.3, 0.4) is 0 Å². The van der Waals surface area contributed by atoms with Gasteiger partial charge < -0.3 is 10.6 Å². The van der Waals surface area contributed by atoms with Crippen molar-refractivity contribution in [3.8, 4) is 0 Å². The molecule has 1 aliphatic rings. The van der Waals surface area contributed by atoms with E-state index in [1.165, 1.54) is 0 Å². The van der Waals surface area contributed by atoms with Crippen LogP contribution in [0.15, 0.2) is 6.07 Å². The first kappa shape index (κ1) is 14.1. The highest BCUT2D eigenvalue weighted by Crippen LogP contribution is 2.26. The monoisotopic (exact) mass is 264 g/mol. The van der Waals surface area contributed by atoms with Crippen LogP contribution in [0.4, 0.5) is 0 Å². The molecule has 5 nitrogen and oxygen atoms in total. The van der Waals surface area contributed by atoms with Crippen molar-refractivity contribution in [2.45, 2.75) is 33.1 Å². The van der Waals surface area contributed by atoms with Gasteiger partial charge in [-0.2, -0.15) is 5.10 Å². The van der Waals surface area contributed by atoms with Crippen LogP contribution in [0, 0.1) is 5.41 Å². The molecule has 1 fully saturated rings. The first-order valence-corrected chi connectivity index (χ1v) is 7.06. The van der Waals surface area contributed by atoms with Crippen LogP contribution in [0.2, 0.25) is 0 Å². The fourth-order valence-electron chi connectivity index (χ4n) is 2.50. The van der Waals surface area contributed by atoms with Gasteiger partial charge >= 0.3 is 0 Å². The average molecular weight is 264 g/mol. The van der Waals surface area contributed by atoms with E-state index in [2.05, 4.69) is 22.7 Å². The summed E-state index contributed by atoms with van der Waals surface area (Å²) in [6.07, 6.45) is 3.07. The minimum atomic E-state index is -0.0190. The number of aryl methyl sites for hydroxylation is 2. The highest BCUT2D eigenvalue weighted by molar-refractivity contribution is 5.92. The molecule has 0 radical (unpaired) electrons. The fourth-order valence-corrected chi connectivity index (χ4v) is 2.50. The molecule has 0 atom stereocenters. The second-order valence-corrected chi connectivity index (χ2v) is 5.74. The van der Waals surface area contributed by atoms with Crippen molar-refractivity contribution in [1.29, 1.82) is 0 Å². The largest absolute Gasteiger partial charge is 0.350 e. The maximum absolute atomic E-state index is 12.2. The van der Waals surface area contributed by atoms with Crippen molar-refractivity contribution in [3.05, 3.63) is 17.5 Å². The lowest BCUT2D eigenvalue weighted by atomic mass is 9.81. The van der Waals surface area contributed by atoms with Gasteiger partial charge in [0.2, 0.25) is 0 Å². The number of carbonyl (C=O) groups is 1. The van der Waals surface area contributed by atoms with Gasteiger partial charge in [-0.1, -0.05) is 13.8 Å². The Bertz CT molecular complexity index is 446. The Labute approximate surface area is 114 Å². The van der Waals surface area contributed by atoms with Crippen molar-refractivity contribution < 1.29 is 4.79 Å². The van der Waals surface area contributed by atoms with Gasteiger partial charge in [0, 0.05) is 13.6 Å². The lowest BCUT2D eigenvalue weighted by Gasteiger charge is -2.34. The minimum Gasteiger partial charge on any atom is -0.350 e. The standard InChI is InChI=1S/C14H24N4O/c1-4-11-9-12(18(3)17-11)13(19)16-10-14(2)5-7-15-8-6-14/h9,15H,4-8,10H2,1-3H3,(H,16,19). The van der Waals surface area contributed by atoms with Gasteiger partial charge in [-0.25, -0.2) is 0 Å². The van der Waals surface area contributed by atoms with Crippen LogP contribution in [0.1, 0.15) is 42.9 Å². The molecule has 0 saturated carbocycles. The summed E-state index contributed by atoms with van der Waals surface area (Å²) in [4.78, 5) is 12.2. The molecule has 19 heavy (non-hydrogen) atoms. The van der Waals surface area contributed by atoms with Crippen molar-refractivity contribution in [2.75, 3.05) is 19.6 Å². The summed E-state index contributed by atoms with van der Waals surface area (Å²) in [6.45, 7) is 7.10. The molecular formula is C14H24N4O. The lowest BCUT2D eigenvalue weighted by Crippen LogP contribution is -2.43. The molecule has 2 N–H and O–H groups in total. The molecule has 5 heteroatoms. The highest BCUT2D eigenvalue weighted by Gasteiger charge is 2.27. The van der Waals surface area contributed by atoms with E-state index in [0.29, 0.717) is 5.69 Å². The number of hydrogen-bond acceptors (Lipinski definition) is 3. The predicted molar refractivity (Wildman–Crippen MR) is 75.1 cm³/mol. The smallest absolute Gasteiger partial charge is 0.269 e. The maximum atomic E-state index is 12.2. The summed E-state index contributed by atoms with van der Waals surface area (Å²) in [5.74, 6) is -0.0190. The van der Waals surface area contributed by atoms with Gasteiger partial charge in [-0.3, -0.25) is 9.48 Å². The average Bonchev–Trinajstić information content (AvgIpc) is 2.78. The topological polar surface area (TPSA) is 59.0 Å². The van der Waals surface area contributed by atoms with Crippen molar-refractivity contribution in [1.82, 2.24) is 20.4 Å². The van der Waals surface area contributed by atoms with Gasteiger partial charge in [0.25, 0.3) is 5.91 Å². The van der Waals surface area contributed by atoms with Gasteiger partial charge in [0.15, 0.2) is 0 Å². The van der Waals surface area contributed by atoms with Gasteiger partial charge in [0.05, 0.1) is 5.69 Å². The number of carbonyl (C=O) groups excluding carboxylic acids is 1. The second kappa shape index (κ2) is 5.74. The Hall–Kier alpha value is -1.36. The summed E-state index contributed by atoms with van der Waals surface area (Å²) < 4.78 is 1.67. The third-order valence-corrected chi connectivity index (χ3v) is 4.01.